The molecule has 0 radical (unpaired) electrons. The summed E-state index contributed by atoms with van der Waals surface area (Å²) in [6.45, 7) is 10.4. The van der Waals surface area contributed by atoms with E-state index < -0.39 is 28.1 Å². The Morgan fingerprint density at radius 2 is 1.72 bits per heavy atom. The van der Waals surface area contributed by atoms with Crippen LogP contribution in [-0.4, -0.2) is 63.6 Å². The van der Waals surface area contributed by atoms with Crippen molar-refractivity contribution in [3.05, 3.63) is 29.3 Å². The first-order valence-electron chi connectivity index (χ1n) is 9.69. The van der Waals surface area contributed by atoms with Crippen LogP contribution < -0.4 is 4.72 Å². The molecule has 1 heterocycles. The Kier molecular flexibility index (Phi) is 7.79. The van der Waals surface area contributed by atoms with E-state index in [1.165, 1.54) is 13.0 Å². The van der Waals surface area contributed by atoms with Gasteiger partial charge in [-0.25, -0.2) is 8.42 Å². The first-order chi connectivity index (χ1) is 13.5. The van der Waals surface area contributed by atoms with Gasteiger partial charge in [0.25, 0.3) is 5.91 Å². The van der Waals surface area contributed by atoms with Crippen LogP contribution in [0.5, 0.6) is 0 Å². The molecule has 0 saturated carbocycles. The molecule has 1 N–H and O–H groups in total. The Morgan fingerprint density at radius 3 is 2.28 bits per heavy atom. The van der Waals surface area contributed by atoms with Crippen molar-refractivity contribution in [2.24, 2.45) is 5.92 Å². The number of benzene rings is 1. The number of aryl methyl sites for hydroxylation is 2. The highest BCUT2D eigenvalue weighted by Gasteiger charge is 2.33. The number of nitrogens with zero attached hydrogens (tertiary/aromatic N) is 1. The molecule has 1 fully saturated rings. The highest BCUT2D eigenvalue weighted by atomic mass is 32.2. The molecule has 0 aromatic heterocycles. The van der Waals surface area contributed by atoms with E-state index in [0.717, 1.165) is 11.1 Å². The van der Waals surface area contributed by atoms with Gasteiger partial charge in [-0.05, 0) is 49.9 Å². The standard InChI is InChI=1S/C20H30N2O6S/c1-13(2)18(21-29(25,26)17-7-6-14(3)15(4)12-17)20(24)28-16(5)19(23)22-8-10-27-11-9-22/h6-7,12-13,16,18,21H,8-11H2,1-5H3/t16-,18-/m0/s1. The Morgan fingerprint density at radius 1 is 1.10 bits per heavy atom. The van der Waals surface area contributed by atoms with Crippen molar-refractivity contribution in [1.82, 2.24) is 9.62 Å². The van der Waals surface area contributed by atoms with E-state index >= 15 is 0 Å². The number of ether oxygens (including phenoxy) is 2. The van der Waals surface area contributed by atoms with Crippen LogP contribution in [0.2, 0.25) is 0 Å². The highest BCUT2D eigenvalue weighted by Crippen LogP contribution is 2.17. The normalized spacial score (nSPS) is 17.1. The molecule has 0 spiro atoms. The van der Waals surface area contributed by atoms with Crippen LogP contribution >= 0.6 is 0 Å². The van der Waals surface area contributed by atoms with Gasteiger partial charge in [0.15, 0.2) is 6.10 Å². The molecule has 9 heteroatoms. The first kappa shape index (κ1) is 23.3. The molecule has 1 aliphatic heterocycles. The lowest BCUT2D eigenvalue weighted by atomic mass is 10.1. The molecule has 1 saturated heterocycles. The van der Waals surface area contributed by atoms with Gasteiger partial charge in [0.05, 0.1) is 18.1 Å². The molecule has 1 aromatic carbocycles. The minimum absolute atomic E-state index is 0.0801. The number of carbonyl (C=O) groups is 2. The second-order valence-electron chi connectivity index (χ2n) is 7.61. The zero-order valence-electron chi connectivity index (χ0n) is 17.6. The minimum atomic E-state index is -3.93. The van der Waals surface area contributed by atoms with Gasteiger partial charge in [0.1, 0.15) is 6.04 Å². The highest BCUT2D eigenvalue weighted by molar-refractivity contribution is 7.89. The number of sulfonamides is 1. The average Bonchev–Trinajstić information content (AvgIpc) is 2.67. The molecular weight excluding hydrogens is 396 g/mol. The first-order valence-corrected chi connectivity index (χ1v) is 11.2. The molecule has 1 aliphatic rings. The van der Waals surface area contributed by atoms with Crippen LogP contribution in [0.25, 0.3) is 0 Å². The monoisotopic (exact) mass is 426 g/mol. The van der Waals surface area contributed by atoms with E-state index in [-0.39, 0.29) is 16.7 Å². The van der Waals surface area contributed by atoms with Gasteiger partial charge in [0, 0.05) is 13.1 Å². The lowest BCUT2D eigenvalue weighted by Crippen LogP contribution is -2.49. The predicted octanol–water partition coefficient (Wildman–Crippen LogP) is 1.40. The summed E-state index contributed by atoms with van der Waals surface area (Å²) in [5.41, 5.74) is 1.81. The summed E-state index contributed by atoms with van der Waals surface area (Å²) in [5, 5.41) is 0. The topological polar surface area (TPSA) is 102 Å². The number of hydrogen-bond donors (Lipinski definition) is 1. The maximum absolute atomic E-state index is 12.8. The van der Waals surface area contributed by atoms with Gasteiger partial charge < -0.3 is 14.4 Å². The smallest absolute Gasteiger partial charge is 0.325 e. The van der Waals surface area contributed by atoms with Crippen molar-refractivity contribution in [3.63, 3.8) is 0 Å². The lowest BCUT2D eigenvalue weighted by molar-refractivity contribution is -0.162. The molecule has 0 aliphatic carbocycles. The van der Waals surface area contributed by atoms with Gasteiger partial charge in [0.2, 0.25) is 10.0 Å². The largest absolute Gasteiger partial charge is 0.451 e. The zero-order valence-corrected chi connectivity index (χ0v) is 18.4. The second-order valence-corrected chi connectivity index (χ2v) is 9.32. The third kappa shape index (κ3) is 6.01. The van der Waals surface area contributed by atoms with Crippen molar-refractivity contribution in [2.45, 2.75) is 51.7 Å². The number of nitrogens with one attached hydrogen (secondary N) is 1. The summed E-state index contributed by atoms with van der Waals surface area (Å²) < 4.78 is 38.5. The summed E-state index contributed by atoms with van der Waals surface area (Å²) in [4.78, 5) is 26.8. The molecule has 2 rings (SSSR count). The number of rotatable bonds is 7. The fourth-order valence-corrected chi connectivity index (χ4v) is 4.33. The number of morpholine rings is 1. The van der Waals surface area contributed by atoms with Crippen molar-refractivity contribution < 1.29 is 27.5 Å². The molecule has 1 aromatic rings. The van der Waals surface area contributed by atoms with Gasteiger partial charge >= 0.3 is 5.97 Å². The molecule has 1 amide bonds. The SMILES string of the molecule is Cc1ccc(S(=O)(=O)N[C@H](C(=O)O[C@@H](C)C(=O)N2CCOCC2)C(C)C)cc1C. The molecule has 0 unspecified atom stereocenters. The van der Waals surface area contributed by atoms with E-state index in [4.69, 9.17) is 9.47 Å². The third-order valence-electron chi connectivity index (χ3n) is 4.95. The predicted molar refractivity (Wildman–Crippen MR) is 108 cm³/mol. The number of esters is 1. The van der Waals surface area contributed by atoms with E-state index in [1.807, 2.05) is 13.8 Å². The van der Waals surface area contributed by atoms with Crippen LogP contribution in [-0.2, 0) is 29.1 Å². The number of hydrogen-bond acceptors (Lipinski definition) is 6. The Balaban J connectivity index is 2.10. The quantitative estimate of drug-likeness (QED) is 0.661. The van der Waals surface area contributed by atoms with Crippen molar-refractivity contribution in [3.8, 4) is 0 Å². The summed E-state index contributed by atoms with van der Waals surface area (Å²) in [5.74, 6) is -1.46. The van der Waals surface area contributed by atoms with Gasteiger partial charge in [-0.3, -0.25) is 9.59 Å². The van der Waals surface area contributed by atoms with Crippen LogP contribution in [0.1, 0.15) is 31.9 Å². The van der Waals surface area contributed by atoms with Crippen LogP contribution in [0.15, 0.2) is 23.1 Å². The Labute approximate surface area is 172 Å². The van der Waals surface area contributed by atoms with Crippen molar-refractivity contribution in [1.29, 1.82) is 0 Å². The van der Waals surface area contributed by atoms with Gasteiger partial charge in [-0.1, -0.05) is 19.9 Å². The number of amides is 1. The fraction of sp³-hybridized carbons (Fsp3) is 0.600. The molecule has 29 heavy (non-hydrogen) atoms. The maximum atomic E-state index is 12.8. The minimum Gasteiger partial charge on any atom is -0.451 e. The van der Waals surface area contributed by atoms with E-state index in [9.17, 15) is 18.0 Å². The molecule has 8 nitrogen and oxygen atoms in total. The van der Waals surface area contributed by atoms with Crippen LogP contribution in [0.3, 0.4) is 0 Å². The average molecular weight is 427 g/mol. The second kappa shape index (κ2) is 9.69. The Bertz CT molecular complexity index is 847. The summed E-state index contributed by atoms with van der Waals surface area (Å²) in [7, 11) is -3.93. The molecule has 0 bridgehead atoms. The van der Waals surface area contributed by atoms with E-state index in [1.54, 1.807) is 30.9 Å². The van der Waals surface area contributed by atoms with Gasteiger partial charge in [-0.15, -0.1) is 0 Å². The van der Waals surface area contributed by atoms with Gasteiger partial charge in [-0.2, -0.15) is 4.72 Å². The zero-order chi connectivity index (χ0) is 21.8. The third-order valence-corrected chi connectivity index (χ3v) is 6.39. The van der Waals surface area contributed by atoms with Crippen LogP contribution in [0.4, 0.5) is 0 Å². The lowest BCUT2D eigenvalue weighted by Gasteiger charge is -2.30. The Hall–Kier alpha value is -1.97. The van der Waals surface area contributed by atoms with Crippen molar-refractivity contribution in [2.75, 3.05) is 26.3 Å². The fourth-order valence-electron chi connectivity index (χ4n) is 2.91. The molecule has 162 valence electrons. The number of carbonyl (C=O) groups excluding carboxylic acids is 2. The van der Waals surface area contributed by atoms with E-state index in [2.05, 4.69) is 4.72 Å². The summed E-state index contributed by atoms with van der Waals surface area (Å²) >= 11 is 0. The van der Waals surface area contributed by atoms with E-state index in [0.29, 0.717) is 26.3 Å². The summed E-state index contributed by atoms with van der Waals surface area (Å²) in [6, 6.07) is 3.67. The maximum Gasteiger partial charge on any atom is 0.325 e. The van der Waals surface area contributed by atoms with Crippen LogP contribution in [0, 0.1) is 19.8 Å². The van der Waals surface area contributed by atoms with Crippen molar-refractivity contribution >= 4 is 21.9 Å². The summed E-state index contributed by atoms with van der Waals surface area (Å²) in [6.07, 6.45) is -1.01. The molecular formula is C20H30N2O6S. The molecule has 2 atom stereocenters.